The predicted molar refractivity (Wildman–Crippen MR) is 86.9 cm³/mol. The Morgan fingerprint density at radius 2 is 1.81 bits per heavy atom. The predicted octanol–water partition coefficient (Wildman–Crippen LogP) is 3.87. The SMILES string of the molecule is Cc1cc(C)cc(NSc2ccc3c(c2)oc(=O)n3C)c1. The number of benzene rings is 2. The van der Waals surface area contributed by atoms with Crippen LogP contribution in [0.25, 0.3) is 11.1 Å². The third-order valence-electron chi connectivity index (χ3n) is 3.27. The number of hydrogen-bond donors (Lipinski definition) is 1. The van der Waals surface area contributed by atoms with E-state index in [4.69, 9.17) is 4.42 Å². The van der Waals surface area contributed by atoms with Crippen molar-refractivity contribution in [3.63, 3.8) is 0 Å². The van der Waals surface area contributed by atoms with Gasteiger partial charge < -0.3 is 9.14 Å². The molecule has 1 N–H and O–H groups in total. The third kappa shape index (κ3) is 2.83. The molecule has 2 aromatic carbocycles. The van der Waals surface area contributed by atoms with E-state index in [-0.39, 0.29) is 5.76 Å². The molecule has 3 aromatic rings. The summed E-state index contributed by atoms with van der Waals surface area (Å²) in [6, 6.07) is 12.1. The molecule has 1 aromatic heterocycles. The highest BCUT2D eigenvalue weighted by atomic mass is 32.2. The third-order valence-corrected chi connectivity index (χ3v) is 4.10. The van der Waals surface area contributed by atoms with Crippen molar-refractivity contribution in [2.75, 3.05) is 4.72 Å². The summed E-state index contributed by atoms with van der Waals surface area (Å²) in [6.07, 6.45) is 0. The maximum Gasteiger partial charge on any atom is 0.419 e. The average molecular weight is 300 g/mol. The van der Waals surface area contributed by atoms with Gasteiger partial charge in [-0.25, -0.2) is 4.79 Å². The minimum atomic E-state index is -0.339. The Morgan fingerprint density at radius 1 is 1.10 bits per heavy atom. The Balaban J connectivity index is 1.83. The smallest absolute Gasteiger partial charge is 0.408 e. The first kappa shape index (κ1) is 13.8. The lowest BCUT2D eigenvalue weighted by Crippen LogP contribution is -2.08. The van der Waals surface area contributed by atoms with Gasteiger partial charge in [-0.1, -0.05) is 6.07 Å². The Morgan fingerprint density at radius 3 is 2.52 bits per heavy atom. The van der Waals surface area contributed by atoms with Gasteiger partial charge in [0.25, 0.3) is 0 Å². The van der Waals surface area contributed by atoms with E-state index in [0.717, 1.165) is 16.1 Å². The van der Waals surface area contributed by atoms with E-state index in [1.165, 1.54) is 27.6 Å². The number of anilines is 1. The first-order chi connectivity index (χ1) is 10.0. The summed E-state index contributed by atoms with van der Waals surface area (Å²) in [5.74, 6) is -0.339. The van der Waals surface area contributed by atoms with Crippen LogP contribution >= 0.6 is 11.9 Å². The molecule has 0 aliphatic carbocycles. The number of hydrogen-bond acceptors (Lipinski definition) is 4. The van der Waals surface area contributed by atoms with Crippen LogP contribution in [-0.2, 0) is 7.05 Å². The van der Waals surface area contributed by atoms with E-state index in [1.807, 2.05) is 18.2 Å². The molecule has 0 unspecified atom stereocenters. The van der Waals surface area contributed by atoms with Crippen molar-refractivity contribution >= 4 is 28.7 Å². The van der Waals surface area contributed by atoms with Crippen molar-refractivity contribution in [2.45, 2.75) is 18.7 Å². The molecular formula is C16H16N2O2S. The van der Waals surface area contributed by atoms with Crippen LogP contribution in [0.1, 0.15) is 11.1 Å². The summed E-state index contributed by atoms with van der Waals surface area (Å²) in [7, 11) is 1.70. The number of aromatic nitrogens is 1. The second-order valence-corrected chi connectivity index (χ2v) is 6.02. The Bertz CT molecular complexity index is 844. The molecule has 0 bridgehead atoms. The largest absolute Gasteiger partial charge is 0.419 e. The zero-order valence-electron chi connectivity index (χ0n) is 12.1. The maximum atomic E-state index is 11.5. The maximum absolute atomic E-state index is 11.5. The van der Waals surface area contributed by atoms with Gasteiger partial charge in [0.1, 0.15) is 0 Å². The minimum absolute atomic E-state index is 0.339. The monoisotopic (exact) mass is 300 g/mol. The molecule has 3 rings (SSSR count). The van der Waals surface area contributed by atoms with E-state index in [1.54, 1.807) is 7.05 Å². The highest BCUT2D eigenvalue weighted by molar-refractivity contribution is 8.00. The zero-order chi connectivity index (χ0) is 15.0. The minimum Gasteiger partial charge on any atom is -0.408 e. The number of fused-ring (bicyclic) bond motifs is 1. The van der Waals surface area contributed by atoms with Crippen molar-refractivity contribution in [2.24, 2.45) is 7.05 Å². The summed E-state index contributed by atoms with van der Waals surface area (Å²) in [5, 5.41) is 0. The van der Waals surface area contributed by atoms with Crippen molar-refractivity contribution in [1.29, 1.82) is 0 Å². The van der Waals surface area contributed by atoms with Crippen molar-refractivity contribution in [3.8, 4) is 0 Å². The van der Waals surface area contributed by atoms with E-state index in [9.17, 15) is 4.79 Å². The summed E-state index contributed by atoms with van der Waals surface area (Å²) < 4.78 is 10.0. The van der Waals surface area contributed by atoms with Gasteiger partial charge in [-0.3, -0.25) is 4.57 Å². The zero-order valence-corrected chi connectivity index (χ0v) is 13.0. The van der Waals surface area contributed by atoms with Crippen LogP contribution in [0.3, 0.4) is 0 Å². The number of aryl methyl sites for hydroxylation is 3. The molecule has 0 saturated heterocycles. The van der Waals surface area contributed by atoms with Crippen LogP contribution in [-0.4, -0.2) is 4.57 Å². The fourth-order valence-corrected chi connectivity index (χ4v) is 2.98. The second kappa shape index (κ2) is 5.33. The van der Waals surface area contributed by atoms with E-state index in [2.05, 4.69) is 36.8 Å². The van der Waals surface area contributed by atoms with Crippen LogP contribution in [0, 0.1) is 13.8 Å². The first-order valence-electron chi connectivity index (χ1n) is 6.64. The van der Waals surface area contributed by atoms with Crippen LogP contribution in [0.4, 0.5) is 5.69 Å². The van der Waals surface area contributed by atoms with Gasteiger partial charge in [-0.2, -0.15) is 0 Å². The van der Waals surface area contributed by atoms with Gasteiger partial charge in [-0.15, -0.1) is 0 Å². The van der Waals surface area contributed by atoms with Gasteiger partial charge in [0, 0.05) is 17.6 Å². The topological polar surface area (TPSA) is 47.2 Å². The summed E-state index contributed by atoms with van der Waals surface area (Å²) in [5.41, 5.74) is 4.92. The lowest BCUT2D eigenvalue weighted by atomic mass is 10.1. The molecule has 0 amide bonds. The van der Waals surface area contributed by atoms with Gasteiger partial charge in [0.05, 0.1) is 5.52 Å². The number of oxazole rings is 1. The van der Waals surface area contributed by atoms with E-state index in [0.29, 0.717) is 5.58 Å². The highest BCUT2D eigenvalue weighted by Gasteiger charge is 2.06. The molecule has 0 radical (unpaired) electrons. The Labute approximate surface area is 126 Å². The number of rotatable bonds is 3. The molecule has 0 saturated carbocycles. The summed E-state index contributed by atoms with van der Waals surface area (Å²) >= 11 is 1.50. The van der Waals surface area contributed by atoms with Crippen LogP contribution in [0.2, 0.25) is 0 Å². The number of nitrogens with zero attached hydrogens (tertiary/aromatic N) is 1. The molecule has 0 aliphatic heterocycles. The molecular weight excluding hydrogens is 284 g/mol. The molecule has 108 valence electrons. The van der Waals surface area contributed by atoms with E-state index < -0.39 is 0 Å². The van der Waals surface area contributed by atoms with Crippen molar-refractivity contribution in [3.05, 3.63) is 58.1 Å². The van der Waals surface area contributed by atoms with Crippen LogP contribution in [0.15, 0.2) is 50.5 Å². The Hall–Kier alpha value is -2.14. The molecule has 5 heteroatoms. The van der Waals surface area contributed by atoms with E-state index >= 15 is 0 Å². The molecule has 0 aliphatic rings. The molecule has 0 spiro atoms. The second-order valence-electron chi connectivity index (χ2n) is 5.14. The Kier molecular flexibility index (Phi) is 3.51. The van der Waals surface area contributed by atoms with Gasteiger partial charge in [-0.05, 0) is 67.3 Å². The van der Waals surface area contributed by atoms with Crippen molar-refractivity contribution in [1.82, 2.24) is 4.57 Å². The molecule has 0 fully saturated rings. The molecule has 0 atom stereocenters. The quantitative estimate of drug-likeness (QED) is 0.746. The first-order valence-corrected chi connectivity index (χ1v) is 7.45. The molecule has 21 heavy (non-hydrogen) atoms. The lowest BCUT2D eigenvalue weighted by molar-refractivity contribution is 0.527. The van der Waals surface area contributed by atoms with Crippen LogP contribution in [0.5, 0.6) is 0 Å². The van der Waals surface area contributed by atoms with Gasteiger partial charge in [0.2, 0.25) is 0 Å². The van der Waals surface area contributed by atoms with Crippen molar-refractivity contribution < 1.29 is 4.42 Å². The number of nitrogens with one attached hydrogen (secondary N) is 1. The fraction of sp³-hybridized carbons (Fsp3) is 0.188. The van der Waals surface area contributed by atoms with Gasteiger partial charge >= 0.3 is 5.76 Å². The average Bonchev–Trinajstić information content (AvgIpc) is 2.70. The fourth-order valence-electron chi connectivity index (χ4n) is 2.33. The standard InChI is InChI=1S/C16H16N2O2S/c1-10-6-11(2)8-12(7-10)17-21-13-4-5-14-15(9-13)20-16(19)18(14)3/h4-9,17H,1-3H3. The van der Waals surface area contributed by atoms with Gasteiger partial charge in [0.15, 0.2) is 5.58 Å². The van der Waals surface area contributed by atoms with Crippen LogP contribution < -0.4 is 10.5 Å². The molecule has 1 heterocycles. The summed E-state index contributed by atoms with van der Waals surface area (Å²) in [4.78, 5) is 12.5. The normalized spacial score (nSPS) is 11.0. The molecule has 4 nitrogen and oxygen atoms in total. The lowest BCUT2D eigenvalue weighted by Gasteiger charge is -2.07. The highest BCUT2D eigenvalue weighted by Crippen LogP contribution is 2.25. The summed E-state index contributed by atoms with van der Waals surface area (Å²) in [6.45, 7) is 4.15.